The largest absolute Gasteiger partial charge is 0.464 e. The molecule has 1 saturated heterocycles. The SMILES string of the molecule is Cc1ccc([C@H]2COCCN2C(=O)c2ccc(CN(C)C)cc2)o1. The lowest BCUT2D eigenvalue weighted by Crippen LogP contribution is -2.43. The number of morpholine rings is 1. The molecular weight excluding hydrogens is 304 g/mol. The molecule has 1 aromatic carbocycles. The van der Waals surface area contributed by atoms with Crippen LogP contribution in [0.3, 0.4) is 0 Å². The van der Waals surface area contributed by atoms with E-state index in [2.05, 4.69) is 4.90 Å². The molecule has 5 nitrogen and oxygen atoms in total. The molecule has 1 aromatic heterocycles. The number of nitrogens with zero attached hydrogens (tertiary/aromatic N) is 2. The quantitative estimate of drug-likeness (QED) is 0.866. The van der Waals surface area contributed by atoms with Crippen LogP contribution < -0.4 is 0 Å². The van der Waals surface area contributed by atoms with E-state index in [4.69, 9.17) is 9.15 Å². The number of benzene rings is 1. The Hall–Kier alpha value is -2.11. The first kappa shape index (κ1) is 16.7. The molecule has 3 rings (SSSR count). The molecule has 1 fully saturated rings. The lowest BCUT2D eigenvalue weighted by Gasteiger charge is -2.34. The van der Waals surface area contributed by atoms with Crippen molar-refractivity contribution in [3.8, 4) is 0 Å². The fraction of sp³-hybridized carbons (Fsp3) is 0.421. The molecule has 24 heavy (non-hydrogen) atoms. The molecule has 2 heterocycles. The number of carbonyl (C=O) groups excluding carboxylic acids is 1. The van der Waals surface area contributed by atoms with Crippen molar-refractivity contribution in [3.05, 3.63) is 59.0 Å². The molecule has 1 aliphatic heterocycles. The van der Waals surface area contributed by atoms with Gasteiger partial charge in [0.1, 0.15) is 17.6 Å². The van der Waals surface area contributed by atoms with Crippen molar-refractivity contribution in [2.75, 3.05) is 33.9 Å². The highest BCUT2D eigenvalue weighted by Gasteiger charge is 2.31. The van der Waals surface area contributed by atoms with Crippen molar-refractivity contribution in [2.45, 2.75) is 19.5 Å². The minimum absolute atomic E-state index is 0.0220. The number of rotatable bonds is 4. The summed E-state index contributed by atoms with van der Waals surface area (Å²) in [5.41, 5.74) is 1.89. The van der Waals surface area contributed by atoms with Gasteiger partial charge in [0.2, 0.25) is 0 Å². The first-order valence-corrected chi connectivity index (χ1v) is 8.23. The number of hydrogen-bond donors (Lipinski definition) is 0. The highest BCUT2D eigenvalue weighted by Crippen LogP contribution is 2.27. The molecule has 1 aliphatic rings. The Morgan fingerprint density at radius 1 is 1.21 bits per heavy atom. The predicted octanol–water partition coefficient (Wildman–Crippen LogP) is 2.86. The minimum Gasteiger partial charge on any atom is -0.464 e. The fourth-order valence-corrected chi connectivity index (χ4v) is 3.00. The summed E-state index contributed by atoms with van der Waals surface area (Å²) in [5.74, 6) is 1.65. The standard InChI is InChI=1S/C19H24N2O3/c1-14-4-9-18(24-14)17-13-23-11-10-21(17)19(22)16-7-5-15(6-8-16)12-20(2)3/h4-9,17H,10-13H2,1-3H3/t17-/m1/s1. The number of hydrogen-bond acceptors (Lipinski definition) is 4. The maximum atomic E-state index is 12.9. The molecule has 0 unspecified atom stereocenters. The smallest absolute Gasteiger partial charge is 0.254 e. The Morgan fingerprint density at radius 3 is 2.58 bits per heavy atom. The normalized spacial score (nSPS) is 18.2. The van der Waals surface area contributed by atoms with Gasteiger partial charge >= 0.3 is 0 Å². The van der Waals surface area contributed by atoms with Crippen molar-refractivity contribution in [1.82, 2.24) is 9.80 Å². The number of amides is 1. The summed E-state index contributed by atoms with van der Waals surface area (Å²) in [6, 6.07) is 11.5. The van der Waals surface area contributed by atoms with E-state index in [0.717, 1.165) is 18.1 Å². The van der Waals surface area contributed by atoms with E-state index in [1.54, 1.807) is 0 Å². The summed E-state index contributed by atoms with van der Waals surface area (Å²) < 4.78 is 11.3. The van der Waals surface area contributed by atoms with Crippen LogP contribution in [0.2, 0.25) is 0 Å². The van der Waals surface area contributed by atoms with E-state index >= 15 is 0 Å². The van der Waals surface area contributed by atoms with Crippen LogP contribution in [-0.4, -0.2) is 49.6 Å². The van der Waals surface area contributed by atoms with Crippen LogP contribution in [0.1, 0.15) is 33.5 Å². The topological polar surface area (TPSA) is 45.9 Å². The first-order chi connectivity index (χ1) is 11.5. The van der Waals surface area contributed by atoms with Gasteiger partial charge in [0.05, 0.1) is 13.2 Å². The van der Waals surface area contributed by atoms with E-state index in [1.807, 2.05) is 62.3 Å². The lowest BCUT2D eigenvalue weighted by molar-refractivity contribution is -0.00895. The number of furan rings is 1. The van der Waals surface area contributed by atoms with E-state index in [9.17, 15) is 4.79 Å². The van der Waals surface area contributed by atoms with Crippen molar-refractivity contribution < 1.29 is 13.9 Å². The first-order valence-electron chi connectivity index (χ1n) is 8.23. The van der Waals surface area contributed by atoms with Crippen LogP contribution in [0, 0.1) is 6.92 Å². The third-order valence-corrected chi connectivity index (χ3v) is 4.18. The fourth-order valence-electron chi connectivity index (χ4n) is 3.00. The van der Waals surface area contributed by atoms with Crippen molar-refractivity contribution >= 4 is 5.91 Å². The lowest BCUT2D eigenvalue weighted by atomic mass is 10.1. The summed E-state index contributed by atoms with van der Waals surface area (Å²) in [6.45, 7) is 4.36. The molecule has 0 saturated carbocycles. The highest BCUT2D eigenvalue weighted by molar-refractivity contribution is 5.94. The Kier molecular flexibility index (Phi) is 5.02. The summed E-state index contributed by atoms with van der Waals surface area (Å²) in [7, 11) is 4.06. The van der Waals surface area contributed by atoms with Gasteiger partial charge in [0.15, 0.2) is 0 Å². The molecule has 0 bridgehead atoms. The number of aryl methyl sites for hydroxylation is 1. The molecule has 5 heteroatoms. The second kappa shape index (κ2) is 7.20. The summed E-state index contributed by atoms with van der Waals surface area (Å²) in [6.07, 6.45) is 0. The zero-order chi connectivity index (χ0) is 17.1. The summed E-state index contributed by atoms with van der Waals surface area (Å²) in [4.78, 5) is 16.9. The van der Waals surface area contributed by atoms with E-state index in [-0.39, 0.29) is 11.9 Å². The van der Waals surface area contributed by atoms with Crippen molar-refractivity contribution in [1.29, 1.82) is 0 Å². The van der Waals surface area contributed by atoms with Crippen LogP contribution in [-0.2, 0) is 11.3 Å². The molecule has 2 aromatic rings. The van der Waals surface area contributed by atoms with E-state index in [0.29, 0.717) is 25.3 Å². The molecular formula is C19H24N2O3. The van der Waals surface area contributed by atoms with Crippen LogP contribution in [0.15, 0.2) is 40.8 Å². The molecule has 0 spiro atoms. The molecule has 0 N–H and O–H groups in total. The Labute approximate surface area is 142 Å². The van der Waals surface area contributed by atoms with Crippen LogP contribution in [0.25, 0.3) is 0 Å². The average Bonchev–Trinajstić information content (AvgIpc) is 3.01. The van der Waals surface area contributed by atoms with Gasteiger partial charge in [-0.1, -0.05) is 12.1 Å². The second-order valence-corrected chi connectivity index (χ2v) is 6.47. The highest BCUT2D eigenvalue weighted by atomic mass is 16.5. The monoisotopic (exact) mass is 328 g/mol. The Morgan fingerprint density at radius 2 is 1.96 bits per heavy atom. The summed E-state index contributed by atoms with van der Waals surface area (Å²) >= 11 is 0. The maximum absolute atomic E-state index is 12.9. The maximum Gasteiger partial charge on any atom is 0.254 e. The number of ether oxygens (including phenoxy) is 1. The molecule has 128 valence electrons. The molecule has 0 radical (unpaired) electrons. The zero-order valence-corrected chi connectivity index (χ0v) is 14.5. The third kappa shape index (κ3) is 3.68. The van der Waals surface area contributed by atoms with Gasteiger partial charge in [-0.3, -0.25) is 4.79 Å². The van der Waals surface area contributed by atoms with Gasteiger partial charge in [-0.2, -0.15) is 0 Å². The average molecular weight is 328 g/mol. The molecule has 0 aliphatic carbocycles. The second-order valence-electron chi connectivity index (χ2n) is 6.47. The Balaban J connectivity index is 1.78. The van der Waals surface area contributed by atoms with Gasteiger partial charge in [-0.15, -0.1) is 0 Å². The van der Waals surface area contributed by atoms with Gasteiger partial charge in [-0.25, -0.2) is 0 Å². The van der Waals surface area contributed by atoms with Gasteiger partial charge < -0.3 is 19.0 Å². The van der Waals surface area contributed by atoms with Gasteiger partial charge in [0, 0.05) is 18.7 Å². The summed E-state index contributed by atoms with van der Waals surface area (Å²) in [5, 5.41) is 0. The van der Waals surface area contributed by atoms with Gasteiger partial charge in [-0.05, 0) is 50.8 Å². The van der Waals surface area contributed by atoms with Crippen LogP contribution in [0.5, 0.6) is 0 Å². The zero-order valence-electron chi connectivity index (χ0n) is 14.5. The van der Waals surface area contributed by atoms with Gasteiger partial charge in [0.25, 0.3) is 5.91 Å². The van der Waals surface area contributed by atoms with Crippen LogP contribution >= 0.6 is 0 Å². The van der Waals surface area contributed by atoms with Crippen molar-refractivity contribution in [3.63, 3.8) is 0 Å². The molecule has 1 amide bonds. The molecule has 1 atom stereocenters. The van der Waals surface area contributed by atoms with E-state index < -0.39 is 0 Å². The third-order valence-electron chi connectivity index (χ3n) is 4.18. The predicted molar refractivity (Wildman–Crippen MR) is 91.9 cm³/mol. The Bertz CT molecular complexity index is 691. The minimum atomic E-state index is -0.165. The number of carbonyl (C=O) groups is 1. The van der Waals surface area contributed by atoms with E-state index in [1.165, 1.54) is 5.56 Å². The van der Waals surface area contributed by atoms with Crippen molar-refractivity contribution in [2.24, 2.45) is 0 Å². The van der Waals surface area contributed by atoms with Crippen LogP contribution in [0.4, 0.5) is 0 Å².